The van der Waals surface area contributed by atoms with Crippen LogP contribution in [0.15, 0.2) is 53.7 Å². The minimum Gasteiger partial charge on any atom is -0.379 e. The molecule has 2 saturated heterocycles. The molecule has 0 aliphatic carbocycles. The first-order chi connectivity index (χ1) is 16.0. The molecule has 2 aliphatic rings. The maximum Gasteiger partial charge on any atom is 0.267 e. The highest BCUT2D eigenvalue weighted by Crippen LogP contribution is 2.18. The number of carbonyl (C=O) groups excluding carboxylic acids is 1. The number of carbonyl (C=O) groups is 1. The van der Waals surface area contributed by atoms with Crippen molar-refractivity contribution >= 4 is 22.0 Å². The van der Waals surface area contributed by atoms with Crippen LogP contribution in [-0.2, 0) is 35.7 Å². The van der Waals surface area contributed by atoms with E-state index in [1.807, 2.05) is 12.1 Å². The average molecular weight is 476 g/mol. The van der Waals surface area contributed by atoms with E-state index in [-0.39, 0.29) is 4.90 Å². The molecule has 10 heteroatoms. The molecule has 33 heavy (non-hydrogen) atoms. The summed E-state index contributed by atoms with van der Waals surface area (Å²) in [6, 6.07) is 8.55. The summed E-state index contributed by atoms with van der Waals surface area (Å²) in [5.74, 6) is -0.448. The van der Waals surface area contributed by atoms with Gasteiger partial charge in [-0.2, -0.15) is 0 Å². The number of aromatic nitrogens is 1. The van der Waals surface area contributed by atoms with Crippen molar-refractivity contribution in [1.29, 1.82) is 0 Å². The number of rotatable bonds is 8. The van der Waals surface area contributed by atoms with Gasteiger partial charge in [0.2, 0.25) is 0 Å². The Balaban J connectivity index is 1.33. The van der Waals surface area contributed by atoms with E-state index in [1.165, 1.54) is 24.5 Å². The van der Waals surface area contributed by atoms with Crippen LogP contribution >= 0.6 is 0 Å². The van der Waals surface area contributed by atoms with Gasteiger partial charge in [-0.15, -0.1) is 0 Å². The number of hydrogen-bond acceptors (Lipinski definition) is 7. The molecule has 0 radical (unpaired) electrons. The molecule has 1 N–H and O–H groups in total. The fourth-order valence-corrected chi connectivity index (χ4v) is 4.89. The molecule has 1 unspecified atom stereocenters. The van der Waals surface area contributed by atoms with E-state index in [2.05, 4.69) is 10.4 Å². The minimum atomic E-state index is -3.72. The van der Waals surface area contributed by atoms with Crippen molar-refractivity contribution in [3.63, 3.8) is 0 Å². The molecule has 1 aromatic heterocycles. The summed E-state index contributed by atoms with van der Waals surface area (Å²) >= 11 is 0. The smallest absolute Gasteiger partial charge is 0.267 e. The predicted octanol–water partition coefficient (Wildman–Crippen LogP) is 2.14. The molecule has 3 heterocycles. The van der Waals surface area contributed by atoms with Crippen LogP contribution in [0.25, 0.3) is 6.08 Å². The fraction of sp³-hybridized carbons (Fsp3) is 0.435. The van der Waals surface area contributed by atoms with Gasteiger partial charge >= 0.3 is 0 Å². The second-order valence-electron chi connectivity index (χ2n) is 8.03. The third-order valence-corrected chi connectivity index (χ3v) is 7.20. The van der Waals surface area contributed by atoms with Crippen molar-refractivity contribution < 1.29 is 27.5 Å². The molecule has 1 aromatic carbocycles. The van der Waals surface area contributed by atoms with E-state index in [4.69, 9.17) is 14.3 Å². The van der Waals surface area contributed by atoms with Crippen LogP contribution in [0.2, 0.25) is 0 Å². The minimum absolute atomic E-state index is 0.206. The van der Waals surface area contributed by atoms with Crippen LogP contribution in [0.5, 0.6) is 0 Å². The summed E-state index contributed by atoms with van der Waals surface area (Å²) in [5.41, 5.74) is 3.96. The van der Waals surface area contributed by atoms with E-state index in [1.54, 1.807) is 18.2 Å². The number of amides is 1. The van der Waals surface area contributed by atoms with Crippen LogP contribution in [0, 0.1) is 0 Å². The third kappa shape index (κ3) is 6.52. The highest BCUT2D eigenvalue weighted by atomic mass is 32.2. The van der Waals surface area contributed by atoms with Crippen LogP contribution in [0.4, 0.5) is 0 Å². The Hall–Kier alpha value is -2.50. The Kier molecular flexibility index (Phi) is 7.94. The van der Waals surface area contributed by atoms with Gasteiger partial charge in [0, 0.05) is 51.1 Å². The number of hydrogen-bond donors (Lipinski definition) is 1. The van der Waals surface area contributed by atoms with Gasteiger partial charge in [-0.25, -0.2) is 22.7 Å². The Labute approximate surface area is 193 Å². The van der Waals surface area contributed by atoms with Gasteiger partial charge in [-0.1, -0.05) is 12.1 Å². The normalized spacial score (nSPS) is 20.2. The molecular formula is C23H29N3O6S. The summed E-state index contributed by atoms with van der Waals surface area (Å²) < 4.78 is 37.8. The SMILES string of the molecule is O=C(C=Cc1ccn(S(=O)(=O)c2ccc(CN3CCOCC3)cc2)c1)NOC1CCCCO1. The Morgan fingerprint density at radius 3 is 2.64 bits per heavy atom. The first kappa shape index (κ1) is 23.7. The van der Waals surface area contributed by atoms with Crippen LogP contribution in [-0.4, -0.2) is 62.4 Å². The first-order valence-electron chi connectivity index (χ1n) is 11.1. The van der Waals surface area contributed by atoms with Crippen molar-refractivity contribution in [2.75, 3.05) is 32.9 Å². The first-order valence-corrected chi connectivity index (χ1v) is 12.5. The number of benzene rings is 1. The second-order valence-corrected chi connectivity index (χ2v) is 9.87. The molecule has 0 saturated carbocycles. The molecule has 1 amide bonds. The molecule has 178 valence electrons. The van der Waals surface area contributed by atoms with Crippen LogP contribution in [0.1, 0.15) is 30.4 Å². The largest absolute Gasteiger partial charge is 0.379 e. The van der Waals surface area contributed by atoms with Gasteiger partial charge in [0.05, 0.1) is 18.1 Å². The van der Waals surface area contributed by atoms with Gasteiger partial charge in [-0.3, -0.25) is 9.69 Å². The Bertz CT molecular complexity index is 1050. The molecule has 0 spiro atoms. The molecule has 2 aromatic rings. The topological polar surface area (TPSA) is 99.1 Å². The lowest BCUT2D eigenvalue weighted by molar-refractivity contribution is -0.198. The Morgan fingerprint density at radius 2 is 1.91 bits per heavy atom. The van der Waals surface area contributed by atoms with Crippen molar-refractivity contribution in [3.8, 4) is 0 Å². The number of nitrogens with zero attached hydrogens (tertiary/aromatic N) is 2. The molecule has 1 atom stereocenters. The molecule has 2 aliphatic heterocycles. The summed E-state index contributed by atoms with van der Waals surface area (Å²) in [5, 5.41) is 0. The lowest BCUT2D eigenvalue weighted by Gasteiger charge is -2.26. The summed E-state index contributed by atoms with van der Waals surface area (Å²) in [4.78, 5) is 19.7. The number of morpholine rings is 1. The van der Waals surface area contributed by atoms with Gasteiger partial charge in [0.1, 0.15) is 0 Å². The van der Waals surface area contributed by atoms with Crippen molar-refractivity contribution in [3.05, 3.63) is 59.9 Å². The van der Waals surface area contributed by atoms with E-state index in [9.17, 15) is 13.2 Å². The maximum absolute atomic E-state index is 13.0. The zero-order chi connectivity index (χ0) is 23.1. The van der Waals surface area contributed by atoms with E-state index in [0.29, 0.717) is 12.2 Å². The predicted molar refractivity (Wildman–Crippen MR) is 121 cm³/mol. The molecule has 9 nitrogen and oxygen atoms in total. The maximum atomic E-state index is 13.0. The quantitative estimate of drug-likeness (QED) is 0.461. The second kappa shape index (κ2) is 11.1. The number of nitrogens with one attached hydrogen (secondary N) is 1. The number of ether oxygens (including phenoxy) is 2. The zero-order valence-corrected chi connectivity index (χ0v) is 19.2. The van der Waals surface area contributed by atoms with E-state index >= 15 is 0 Å². The summed E-state index contributed by atoms with van der Waals surface area (Å²) in [7, 11) is -3.72. The van der Waals surface area contributed by atoms with E-state index < -0.39 is 22.2 Å². The van der Waals surface area contributed by atoms with Gasteiger partial charge < -0.3 is 9.47 Å². The fourth-order valence-electron chi connectivity index (χ4n) is 3.68. The van der Waals surface area contributed by atoms with E-state index in [0.717, 1.165) is 61.6 Å². The highest BCUT2D eigenvalue weighted by molar-refractivity contribution is 7.90. The number of hydroxylamine groups is 1. The van der Waals surface area contributed by atoms with Crippen LogP contribution < -0.4 is 5.48 Å². The van der Waals surface area contributed by atoms with Crippen LogP contribution in [0.3, 0.4) is 0 Å². The average Bonchev–Trinajstić information content (AvgIpc) is 3.33. The lowest BCUT2D eigenvalue weighted by Crippen LogP contribution is -2.35. The highest BCUT2D eigenvalue weighted by Gasteiger charge is 2.18. The zero-order valence-electron chi connectivity index (χ0n) is 18.4. The van der Waals surface area contributed by atoms with Gasteiger partial charge in [-0.05, 0) is 48.2 Å². The molecule has 0 bridgehead atoms. The summed E-state index contributed by atoms with van der Waals surface area (Å²) in [6.07, 6.45) is 8.03. The van der Waals surface area contributed by atoms with Gasteiger partial charge in [0.15, 0.2) is 6.29 Å². The van der Waals surface area contributed by atoms with Crippen molar-refractivity contribution in [2.45, 2.75) is 37.0 Å². The van der Waals surface area contributed by atoms with Crippen molar-refractivity contribution in [1.82, 2.24) is 14.4 Å². The Morgan fingerprint density at radius 1 is 1.12 bits per heavy atom. The van der Waals surface area contributed by atoms with Crippen molar-refractivity contribution in [2.24, 2.45) is 0 Å². The molecule has 4 rings (SSSR count). The molecular weight excluding hydrogens is 446 g/mol. The monoisotopic (exact) mass is 475 g/mol. The standard InChI is InChI=1S/C23H29N3O6S/c27-22(24-32-23-3-1-2-14-31-23)9-6-20-10-11-26(18-20)33(28,29)21-7-4-19(5-8-21)17-25-12-15-30-16-13-25/h4-11,18,23H,1-3,12-17H2,(H,24,27). The van der Waals surface area contributed by atoms with Gasteiger partial charge in [0.25, 0.3) is 15.9 Å². The summed E-state index contributed by atoms with van der Waals surface area (Å²) in [6.45, 7) is 4.58. The third-order valence-electron chi connectivity index (χ3n) is 5.55. The lowest BCUT2D eigenvalue weighted by atomic mass is 10.2. The molecule has 2 fully saturated rings.